The maximum absolute atomic E-state index is 12.9. The minimum Gasteiger partial charge on any atom is -0.370 e. The number of thioether (sulfide) groups is 1. The molecule has 0 unspecified atom stereocenters. The lowest BCUT2D eigenvalue weighted by atomic mass is 10.2. The normalized spacial score (nSPS) is 15.4. The van der Waals surface area contributed by atoms with Gasteiger partial charge >= 0.3 is 0 Å². The zero-order valence-corrected chi connectivity index (χ0v) is 23.0. The summed E-state index contributed by atoms with van der Waals surface area (Å²) in [6.45, 7) is 1.31. The lowest BCUT2D eigenvalue weighted by molar-refractivity contribution is 0.346. The molecule has 2 aromatic rings. The average Bonchev–Trinajstić information content (AvgIpc) is 3.30. The van der Waals surface area contributed by atoms with Crippen LogP contribution in [-0.4, -0.2) is 70.5 Å². The molecule has 6 N–H and O–H groups in total. The zero-order chi connectivity index (χ0) is 26.2. The van der Waals surface area contributed by atoms with Gasteiger partial charge in [-0.1, -0.05) is 12.5 Å². The van der Waals surface area contributed by atoms with E-state index in [-0.39, 0.29) is 21.7 Å². The molecule has 0 bridgehead atoms. The van der Waals surface area contributed by atoms with Crippen LogP contribution in [0.3, 0.4) is 0 Å². The maximum Gasteiger partial charge on any atom is 0.264 e. The third-order valence-corrected chi connectivity index (χ3v) is 10.1. The Morgan fingerprint density at radius 2 is 1.89 bits per heavy atom. The molecule has 1 aliphatic rings. The van der Waals surface area contributed by atoms with E-state index < -0.39 is 20.0 Å². The van der Waals surface area contributed by atoms with Crippen molar-refractivity contribution in [1.29, 1.82) is 0 Å². The fraction of sp³-hybridized carbons (Fsp3) is 0.450. The van der Waals surface area contributed by atoms with Gasteiger partial charge in [-0.25, -0.2) is 26.5 Å². The van der Waals surface area contributed by atoms with Crippen molar-refractivity contribution in [1.82, 2.24) is 19.3 Å². The quantitative estimate of drug-likeness (QED) is 0.183. The summed E-state index contributed by atoms with van der Waals surface area (Å²) in [6, 6.07) is 5.37. The molecule has 0 amide bonds. The molecule has 1 saturated heterocycles. The van der Waals surface area contributed by atoms with Crippen LogP contribution in [0.15, 0.2) is 49.4 Å². The predicted molar refractivity (Wildman–Crippen MR) is 144 cm³/mol. The van der Waals surface area contributed by atoms with E-state index in [1.807, 2.05) is 5.38 Å². The van der Waals surface area contributed by atoms with Crippen LogP contribution in [0.1, 0.15) is 25.0 Å². The summed E-state index contributed by atoms with van der Waals surface area (Å²) in [5.41, 5.74) is 11.5. The molecule has 1 aromatic carbocycles. The molecule has 0 saturated carbocycles. The van der Waals surface area contributed by atoms with Crippen LogP contribution in [0.5, 0.6) is 0 Å². The smallest absolute Gasteiger partial charge is 0.264 e. The Hall–Kier alpha value is -2.40. The highest BCUT2D eigenvalue weighted by molar-refractivity contribution is 7.98. The minimum atomic E-state index is -4.05. The number of nitrogens with one attached hydrogen (secondary N) is 2. The third-order valence-electron chi connectivity index (χ3n) is 5.08. The van der Waals surface area contributed by atoms with Crippen molar-refractivity contribution >= 4 is 60.2 Å². The van der Waals surface area contributed by atoms with Crippen molar-refractivity contribution in [3.63, 3.8) is 0 Å². The fourth-order valence-corrected chi connectivity index (χ4v) is 7.62. The van der Waals surface area contributed by atoms with Crippen LogP contribution in [0, 0.1) is 0 Å². The van der Waals surface area contributed by atoms with Crippen LogP contribution in [0.2, 0.25) is 0 Å². The Kier molecular flexibility index (Phi) is 9.95. The third kappa shape index (κ3) is 7.80. The lowest BCUT2D eigenvalue weighted by Crippen LogP contribution is -2.41. The number of aliphatic imine (C=N–C) groups is 2. The second-order valence-electron chi connectivity index (χ2n) is 7.75. The van der Waals surface area contributed by atoms with Crippen LogP contribution < -0.4 is 21.5 Å². The molecular weight excluding hydrogens is 545 g/mol. The lowest BCUT2D eigenvalue weighted by Gasteiger charge is -2.26. The molecule has 198 valence electrons. The Bertz CT molecular complexity index is 1300. The van der Waals surface area contributed by atoms with Crippen LogP contribution in [-0.2, 0) is 25.8 Å². The topological polar surface area (TPSA) is 185 Å². The molecule has 12 nitrogen and oxygen atoms in total. The van der Waals surface area contributed by atoms with Crippen molar-refractivity contribution in [3.8, 4) is 0 Å². The fourth-order valence-electron chi connectivity index (χ4n) is 3.35. The zero-order valence-electron chi connectivity index (χ0n) is 19.8. The largest absolute Gasteiger partial charge is 0.370 e. The van der Waals surface area contributed by atoms with E-state index in [0.29, 0.717) is 36.3 Å². The van der Waals surface area contributed by atoms with E-state index in [1.165, 1.54) is 47.0 Å². The van der Waals surface area contributed by atoms with E-state index in [4.69, 9.17) is 11.5 Å². The highest BCUT2D eigenvalue weighted by atomic mass is 32.2. The highest BCUT2D eigenvalue weighted by Crippen LogP contribution is 2.23. The number of piperidine rings is 1. The number of hydrogen-bond acceptors (Lipinski definition) is 9. The van der Waals surface area contributed by atoms with Crippen molar-refractivity contribution in [2.24, 2.45) is 21.5 Å². The number of sulfonamides is 2. The first kappa shape index (κ1) is 28.2. The molecule has 0 radical (unpaired) electrons. The number of nitrogens with zero attached hydrogens (tertiary/aromatic N) is 4. The van der Waals surface area contributed by atoms with Crippen molar-refractivity contribution < 1.29 is 16.8 Å². The Labute approximate surface area is 219 Å². The van der Waals surface area contributed by atoms with Gasteiger partial charge in [-0.2, -0.15) is 21.1 Å². The van der Waals surface area contributed by atoms with Crippen molar-refractivity contribution in [2.75, 3.05) is 32.4 Å². The van der Waals surface area contributed by atoms with Gasteiger partial charge in [-0.15, -0.1) is 11.3 Å². The van der Waals surface area contributed by atoms with Gasteiger partial charge in [0.25, 0.3) is 10.0 Å². The Morgan fingerprint density at radius 1 is 1.17 bits per heavy atom. The van der Waals surface area contributed by atoms with E-state index in [2.05, 4.69) is 25.0 Å². The summed E-state index contributed by atoms with van der Waals surface area (Å²) in [7, 11) is -6.36. The summed E-state index contributed by atoms with van der Waals surface area (Å²) in [5, 5.41) is 5.31. The monoisotopic (exact) mass is 574 g/mol. The number of benzene rings is 1. The number of guanidine groups is 2. The first-order valence-electron chi connectivity index (χ1n) is 11.1. The van der Waals surface area contributed by atoms with E-state index in [9.17, 15) is 16.8 Å². The average molecular weight is 575 g/mol. The van der Waals surface area contributed by atoms with Gasteiger partial charge < -0.3 is 16.8 Å². The Balaban J connectivity index is 1.54. The number of hydrogen-bond donors (Lipinski definition) is 4. The molecular formula is C20H30N8O4S4. The second-order valence-corrected chi connectivity index (χ2v) is 13.3. The first-order chi connectivity index (χ1) is 17.1. The standard InChI is InChI=1S/C20H30N8O4S4/c1-23-19(24-8-11-33-13-15-14-34-20(25-15)26-18(21)22)27-35(29,30)16-6-5-7-17(12-16)36(31,32)28-9-3-2-4-10-28/h5-7,12,14H,2-4,8-11,13H2,1H3,(H2,23,24,27)(H4,21,22,25,26). The predicted octanol–water partition coefficient (Wildman–Crippen LogP) is 1.01. The second kappa shape index (κ2) is 12.7. The Morgan fingerprint density at radius 3 is 2.58 bits per heavy atom. The van der Waals surface area contributed by atoms with Gasteiger partial charge in [0, 0.05) is 43.6 Å². The van der Waals surface area contributed by atoms with Crippen molar-refractivity contribution in [2.45, 2.75) is 34.8 Å². The van der Waals surface area contributed by atoms with Gasteiger partial charge in [-0.05, 0) is 31.0 Å². The molecule has 2 heterocycles. The summed E-state index contributed by atoms with van der Waals surface area (Å²) in [5.74, 6) is 1.31. The molecule has 1 fully saturated rings. The number of thiazole rings is 1. The number of aromatic nitrogens is 1. The summed E-state index contributed by atoms with van der Waals surface area (Å²) in [4.78, 5) is 12.0. The molecule has 36 heavy (non-hydrogen) atoms. The van der Waals surface area contributed by atoms with E-state index >= 15 is 0 Å². The van der Waals surface area contributed by atoms with Gasteiger partial charge in [0.1, 0.15) is 0 Å². The number of nitrogens with two attached hydrogens (primary N) is 2. The molecule has 3 rings (SSSR count). The molecule has 0 aliphatic carbocycles. The van der Waals surface area contributed by atoms with Gasteiger partial charge in [0.15, 0.2) is 5.96 Å². The molecule has 0 spiro atoms. The summed E-state index contributed by atoms with van der Waals surface area (Å²) < 4.78 is 55.6. The molecule has 16 heteroatoms. The summed E-state index contributed by atoms with van der Waals surface area (Å²) in [6.07, 6.45) is 2.57. The maximum atomic E-state index is 12.9. The minimum absolute atomic E-state index is 0.0445. The SMILES string of the molecule is CN=C(NCCSCc1csc(N=C(N)N)n1)NS(=O)(=O)c1cccc(S(=O)(=O)N2CCCCC2)c1. The van der Waals surface area contributed by atoms with Crippen LogP contribution in [0.25, 0.3) is 0 Å². The van der Waals surface area contributed by atoms with Crippen LogP contribution >= 0.6 is 23.1 Å². The number of rotatable bonds is 10. The molecule has 1 aromatic heterocycles. The summed E-state index contributed by atoms with van der Waals surface area (Å²) >= 11 is 2.93. The van der Waals surface area contributed by atoms with Gasteiger partial charge in [0.05, 0.1) is 15.5 Å². The van der Waals surface area contributed by atoms with Crippen molar-refractivity contribution in [3.05, 3.63) is 35.3 Å². The molecule has 1 aliphatic heterocycles. The highest BCUT2D eigenvalue weighted by Gasteiger charge is 2.27. The van der Waals surface area contributed by atoms with Gasteiger partial charge in [-0.3, -0.25) is 4.99 Å². The first-order valence-corrected chi connectivity index (χ1v) is 16.0. The van der Waals surface area contributed by atoms with E-state index in [1.54, 1.807) is 11.8 Å². The van der Waals surface area contributed by atoms with E-state index in [0.717, 1.165) is 25.0 Å². The molecule has 0 atom stereocenters. The van der Waals surface area contributed by atoms with Gasteiger partial charge in [0.2, 0.25) is 21.1 Å². The van der Waals surface area contributed by atoms with Crippen LogP contribution in [0.4, 0.5) is 5.13 Å².